The average molecular weight is 567 g/mol. The zero-order chi connectivity index (χ0) is 23.4. The summed E-state index contributed by atoms with van der Waals surface area (Å²) in [5.74, 6) is -2.77. The van der Waals surface area contributed by atoms with Crippen LogP contribution in [0.5, 0.6) is 0 Å². The molecule has 1 heterocycles. The van der Waals surface area contributed by atoms with E-state index in [-0.39, 0.29) is 13.0 Å². The number of hydrazine groups is 1. The predicted octanol–water partition coefficient (Wildman–Crippen LogP) is 3.50. The average Bonchev–Trinajstić information content (AvgIpc) is 3.13. The summed E-state index contributed by atoms with van der Waals surface area (Å²) in [6.45, 7) is 3.31. The maximum Gasteiger partial charge on any atom is 0.311 e. The van der Waals surface area contributed by atoms with Crippen LogP contribution in [0.3, 0.4) is 0 Å². The second-order valence-electron chi connectivity index (χ2n) is 7.35. The normalized spacial score (nSPS) is 15.4. The summed E-state index contributed by atoms with van der Waals surface area (Å²) < 4.78 is 6.85. The van der Waals surface area contributed by atoms with Crippen molar-refractivity contribution in [2.24, 2.45) is 5.92 Å². The Morgan fingerprint density at radius 3 is 2.44 bits per heavy atom. The number of amides is 3. The van der Waals surface area contributed by atoms with Gasteiger partial charge in [0.05, 0.1) is 12.5 Å². The van der Waals surface area contributed by atoms with Gasteiger partial charge in [-0.2, -0.15) is 0 Å². The van der Waals surface area contributed by atoms with Crippen LogP contribution in [0.4, 0.5) is 5.69 Å². The molecule has 3 amide bonds. The van der Waals surface area contributed by atoms with Crippen molar-refractivity contribution in [1.29, 1.82) is 0 Å². The third kappa shape index (κ3) is 5.74. The molecule has 1 aliphatic heterocycles. The van der Waals surface area contributed by atoms with Crippen LogP contribution in [-0.2, 0) is 19.1 Å². The molecule has 1 aliphatic rings. The summed E-state index contributed by atoms with van der Waals surface area (Å²) in [6.07, 6.45) is -0.105. The Morgan fingerprint density at radius 2 is 1.75 bits per heavy atom. The van der Waals surface area contributed by atoms with Gasteiger partial charge in [-0.15, -0.1) is 0 Å². The summed E-state index contributed by atoms with van der Waals surface area (Å²) in [6, 6.07) is 10.2. The van der Waals surface area contributed by atoms with Crippen LogP contribution in [-0.4, -0.2) is 41.9 Å². The highest BCUT2D eigenvalue weighted by Crippen LogP contribution is 2.26. The highest BCUT2D eigenvalue weighted by Gasteiger charge is 2.36. The van der Waals surface area contributed by atoms with Crippen molar-refractivity contribution in [2.45, 2.75) is 20.3 Å². The van der Waals surface area contributed by atoms with E-state index in [9.17, 15) is 19.2 Å². The molecule has 0 saturated carbocycles. The van der Waals surface area contributed by atoms with Crippen LogP contribution in [0.15, 0.2) is 45.3 Å². The van der Waals surface area contributed by atoms with Crippen LogP contribution in [0.25, 0.3) is 0 Å². The molecule has 32 heavy (non-hydrogen) atoms. The van der Waals surface area contributed by atoms with Gasteiger partial charge in [0.15, 0.2) is 6.61 Å². The van der Waals surface area contributed by atoms with Crippen molar-refractivity contribution in [3.05, 3.63) is 62.0 Å². The zero-order valence-electron chi connectivity index (χ0n) is 17.4. The second kappa shape index (κ2) is 10.3. The molecular weight excluding hydrogens is 546 g/mol. The lowest BCUT2D eigenvalue weighted by atomic mass is 10.1. The monoisotopic (exact) mass is 565 g/mol. The number of carbonyl (C=O) groups excluding carboxylic acids is 4. The van der Waals surface area contributed by atoms with Gasteiger partial charge in [0, 0.05) is 26.6 Å². The minimum atomic E-state index is -0.767. The van der Waals surface area contributed by atoms with Gasteiger partial charge in [0.2, 0.25) is 5.91 Å². The summed E-state index contributed by atoms with van der Waals surface area (Å²) in [4.78, 5) is 49.0. The topological polar surface area (TPSA) is 105 Å². The van der Waals surface area contributed by atoms with E-state index in [1.54, 1.807) is 30.3 Å². The Kier molecular flexibility index (Phi) is 7.68. The molecule has 1 atom stereocenters. The van der Waals surface area contributed by atoms with Crippen LogP contribution >= 0.6 is 31.9 Å². The SMILES string of the molecule is Cc1c(Br)ccc(NC(=O)COC(=O)[C@@H]2CC(=O)N(NC(=O)c3ccc(Br)cc3)C2)c1C. The lowest BCUT2D eigenvalue weighted by molar-refractivity contribution is -0.151. The molecule has 0 spiro atoms. The number of hydrogen-bond donors (Lipinski definition) is 2. The fourth-order valence-electron chi connectivity index (χ4n) is 3.13. The van der Waals surface area contributed by atoms with Crippen LogP contribution in [0, 0.1) is 19.8 Å². The van der Waals surface area contributed by atoms with Gasteiger partial charge in [-0.3, -0.25) is 29.6 Å². The van der Waals surface area contributed by atoms with E-state index < -0.39 is 36.2 Å². The van der Waals surface area contributed by atoms with Crippen molar-refractivity contribution in [1.82, 2.24) is 10.4 Å². The molecule has 0 aromatic heterocycles. The van der Waals surface area contributed by atoms with E-state index in [0.717, 1.165) is 25.1 Å². The number of esters is 1. The van der Waals surface area contributed by atoms with E-state index in [1.807, 2.05) is 19.9 Å². The van der Waals surface area contributed by atoms with Crippen molar-refractivity contribution in [3.63, 3.8) is 0 Å². The van der Waals surface area contributed by atoms with Gasteiger partial charge in [0.25, 0.3) is 11.8 Å². The highest BCUT2D eigenvalue weighted by atomic mass is 79.9. The quantitative estimate of drug-likeness (QED) is 0.521. The van der Waals surface area contributed by atoms with Crippen LogP contribution < -0.4 is 10.7 Å². The van der Waals surface area contributed by atoms with Gasteiger partial charge in [-0.25, -0.2) is 0 Å². The second-order valence-corrected chi connectivity index (χ2v) is 9.12. The molecular formula is C22H21Br2N3O5. The van der Waals surface area contributed by atoms with E-state index in [2.05, 4.69) is 42.6 Å². The van der Waals surface area contributed by atoms with Crippen molar-refractivity contribution >= 4 is 61.2 Å². The summed E-state index contributed by atoms with van der Waals surface area (Å²) in [7, 11) is 0. The molecule has 2 aromatic carbocycles. The first-order valence-corrected chi connectivity index (χ1v) is 11.3. The van der Waals surface area contributed by atoms with Gasteiger partial charge >= 0.3 is 5.97 Å². The number of nitrogens with zero attached hydrogens (tertiary/aromatic N) is 1. The molecule has 10 heteroatoms. The van der Waals surface area contributed by atoms with Crippen LogP contribution in [0.2, 0.25) is 0 Å². The number of hydrogen-bond acceptors (Lipinski definition) is 5. The molecule has 0 unspecified atom stereocenters. The molecule has 2 aromatic rings. The number of anilines is 1. The molecule has 1 fully saturated rings. The zero-order valence-corrected chi connectivity index (χ0v) is 20.6. The first-order chi connectivity index (χ1) is 15.2. The maximum atomic E-state index is 12.3. The highest BCUT2D eigenvalue weighted by molar-refractivity contribution is 9.10. The van der Waals surface area contributed by atoms with E-state index in [1.165, 1.54) is 0 Å². The lowest BCUT2D eigenvalue weighted by Crippen LogP contribution is -2.43. The standard InChI is InChI=1S/C22H21Br2N3O5/c1-12-13(2)18(8-7-17(12)24)25-19(28)11-32-22(31)15-9-20(29)27(10-15)26-21(30)14-3-5-16(23)6-4-14/h3-8,15H,9-11H2,1-2H3,(H,25,28)(H,26,30)/t15-/m1/s1. The van der Waals surface area contributed by atoms with Gasteiger partial charge in [0.1, 0.15) is 0 Å². The van der Waals surface area contributed by atoms with E-state index in [0.29, 0.717) is 11.3 Å². The van der Waals surface area contributed by atoms with Crippen molar-refractivity contribution < 1.29 is 23.9 Å². The molecule has 3 rings (SSSR count). The molecule has 8 nitrogen and oxygen atoms in total. The Labute approximate surface area is 201 Å². The van der Waals surface area contributed by atoms with Gasteiger partial charge < -0.3 is 10.1 Å². The number of halogens is 2. The number of ether oxygens (including phenoxy) is 1. The Bertz CT molecular complexity index is 1070. The molecule has 0 aliphatic carbocycles. The number of rotatable bonds is 6. The number of carbonyl (C=O) groups is 4. The molecule has 168 valence electrons. The Hall–Kier alpha value is -2.72. The molecule has 0 radical (unpaired) electrons. The van der Waals surface area contributed by atoms with E-state index in [4.69, 9.17) is 4.74 Å². The maximum absolute atomic E-state index is 12.3. The Morgan fingerprint density at radius 1 is 1.06 bits per heavy atom. The predicted molar refractivity (Wildman–Crippen MR) is 125 cm³/mol. The van der Waals surface area contributed by atoms with Crippen molar-refractivity contribution in [2.75, 3.05) is 18.5 Å². The van der Waals surface area contributed by atoms with E-state index >= 15 is 0 Å². The third-order valence-electron chi connectivity index (χ3n) is 5.14. The molecule has 0 bridgehead atoms. The van der Waals surface area contributed by atoms with Gasteiger partial charge in [-0.1, -0.05) is 31.9 Å². The lowest BCUT2D eigenvalue weighted by Gasteiger charge is -2.17. The fourth-order valence-corrected chi connectivity index (χ4v) is 3.82. The van der Waals surface area contributed by atoms with Crippen LogP contribution in [0.1, 0.15) is 27.9 Å². The Balaban J connectivity index is 1.50. The number of benzene rings is 2. The number of nitrogens with one attached hydrogen (secondary N) is 2. The van der Waals surface area contributed by atoms with Crippen molar-refractivity contribution in [3.8, 4) is 0 Å². The fraction of sp³-hybridized carbons (Fsp3) is 0.273. The smallest absolute Gasteiger partial charge is 0.311 e. The third-order valence-corrected chi connectivity index (χ3v) is 6.53. The molecule has 1 saturated heterocycles. The molecule has 2 N–H and O–H groups in total. The minimum absolute atomic E-state index is 0.0213. The first-order valence-electron chi connectivity index (χ1n) is 9.75. The first kappa shape index (κ1) is 23.9. The largest absolute Gasteiger partial charge is 0.455 e. The summed E-state index contributed by atoms with van der Waals surface area (Å²) in [5.41, 5.74) is 5.40. The van der Waals surface area contributed by atoms with Gasteiger partial charge in [-0.05, 0) is 61.4 Å². The summed E-state index contributed by atoms with van der Waals surface area (Å²) in [5, 5.41) is 3.82. The minimum Gasteiger partial charge on any atom is -0.455 e. The summed E-state index contributed by atoms with van der Waals surface area (Å²) >= 11 is 6.72.